The van der Waals surface area contributed by atoms with Gasteiger partial charge in [-0.3, -0.25) is 0 Å². The fourth-order valence-corrected chi connectivity index (χ4v) is 2.25. The molecule has 0 aliphatic carbocycles. The van der Waals surface area contributed by atoms with E-state index in [0.29, 0.717) is 0 Å². The zero-order chi connectivity index (χ0) is 11.4. The molecule has 0 radical (unpaired) electrons. The molecule has 0 unspecified atom stereocenters. The van der Waals surface area contributed by atoms with E-state index in [1.807, 2.05) is 18.2 Å². The second-order valence-corrected chi connectivity index (χ2v) is 4.27. The van der Waals surface area contributed by atoms with Gasteiger partial charge in [0, 0.05) is 0 Å². The van der Waals surface area contributed by atoms with Crippen LogP contribution in [-0.2, 0) is 0 Å². The number of hydrogen-bond donors (Lipinski definition) is 3. The fourth-order valence-electron chi connectivity index (χ4n) is 2.25. The Balaban J connectivity index is 1.96. The fraction of sp³-hybridized carbons (Fsp3) is 0.500. The molecule has 0 aromatic heterocycles. The van der Waals surface area contributed by atoms with Crippen LogP contribution in [0, 0.1) is 0 Å². The minimum atomic E-state index is 0.281. The van der Waals surface area contributed by atoms with Crippen molar-refractivity contribution in [1.29, 1.82) is 0 Å². The first-order valence-corrected chi connectivity index (χ1v) is 5.85. The maximum absolute atomic E-state index is 8.89. The molecule has 1 aliphatic heterocycles. The van der Waals surface area contributed by atoms with Crippen LogP contribution in [-0.4, -0.2) is 44.4 Å². The molecular weight excluding hydrogens is 202 g/mol. The van der Waals surface area contributed by atoms with Crippen molar-refractivity contribution in [2.24, 2.45) is 0 Å². The average molecular weight is 222 g/mol. The molecule has 0 bridgehead atoms. The Labute approximate surface area is 96.3 Å². The van der Waals surface area contributed by atoms with Crippen molar-refractivity contribution >= 4 is 11.4 Å². The van der Waals surface area contributed by atoms with Crippen LogP contribution in [0.15, 0.2) is 24.3 Å². The minimum Gasteiger partial charge on any atom is -0.397 e. The number of benzene rings is 1. The van der Waals surface area contributed by atoms with E-state index in [1.165, 1.54) is 4.90 Å². The third-order valence-electron chi connectivity index (χ3n) is 3.21. The third-order valence-corrected chi connectivity index (χ3v) is 3.21. The molecule has 1 fully saturated rings. The van der Waals surface area contributed by atoms with Crippen molar-refractivity contribution in [1.82, 2.24) is 0 Å². The second kappa shape index (κ2) is 5.18. The van der Waals surface area contributed by atoms with Gasteiger partial charge in [-0.05, 0) is 12.1 Å². The molecule has 1 saturated heterocycles. The zero-order valence-corrected chi connectivity index (χ0v) is 9.52. The molecule has 1 aliphatic rings. The number of piperazine rings is 1. The molecule has 2 rings (SSSR count). The summed E-state index contributed by atoms with van der Waals surface area (Å²) in [6, 6.07) is 8.01. The molecule has 4 heteroatoms. The molecule has 0 saturated carbocycles. The normalized spacial score (nSPS) is 17.7. The van der Waals surface area contributed by atoms with Crippen LogP contribution in [0.1, 0.15) is 0 Å². The SMILES string of the molecule is Nc1ccccc1N1CC[NH+](CCO)CC1. The van der Waals surface area contributed by atoms with Crippen molar-refractivity contribution in [3.63, 3.8) is 0 Å². The molecule has 4 nitrogen and oxygen atoms in total. The molecule has 88 valence electrons. The van der Waals surface area contributed by atoms with Gasteiger partial charge in [-0.15, -0.1) is 0 Å². The van der Waals surface area contributed by atoms with Crippen LogP contribution < -0.4 is 15.5 Å². The monoisotopic (exact) mass is 222 g/mol. The number of nitrogens with two attached hydrogens (primary N) is 1. The molecule has 1 aromatic rings. The van der Waals surface area contributed by atoms with Crippen LogP contribution in [0.5, 0.6) is 0 Å². The molecular formula is C12H20N3O+. The minimum absolute atomic E-state index is 0.281. The van der Waals surface area contributed by atoms with Crippen LogP contribution in [0.4, 0.5) is 11.4 Å². The smallest absolute Gasteiger partial charge is 0.101 e. The summed E-state index contributed by atoms with van der Waals surface area (Å²) >= 11 is 0. The molecule has 0 spiro atoms. The summed E-state index contributed by atoms with van der Waals surface area (Å²) in [5.41, 5.74) is 7.96. The van der Waals surface area contributed by atoms with Crippen molar-refractivity contribution in [2.75, 3.05) is 50.0 Å². The van der Waals surface area contributed by atoms with E-state index in [9.17, 15) is 0 Å². The lowest BCUT2D eigenvalue weighted by molar-refractivity contribution is -0.900. The van der Waals surface area contributed by atoms with E-state index in [-0.39, 0.29) is 6.61 Å². The highest BCUT2D eigenvalue weighted by molar-refractivity contribution is 5.67. The van der Waals surface area contributed by atoms with E-state index >= 15 is 0 Å². The van der Waals surface area contributed by atoms with Gasteiger partial charge in [0.05, 0.1) is 44.2 Å². The largest absolute Gasteiger partial charge is 0.397 e. The van der Waals surface area contributed by atoms with Gasteiger partial charge < -0.3 is 20.6 Å². The van der Waals surface area contributed by atoms with Crippen LogP contribution in [0.3, 0.4) is 0 Å². The summed E-state index contributed by atoms with van der Waals surface area (Å²) in [5, 5.41) is 8.89. The number of quaternary nitrogens is 1. The first-order chi connectivity index (χ1) is 7.81. The highest BCUT2D eigenvalue weighted by atomic mass is 16.3. The number of rotatable bonds is 3. The Morgan fingerprint density at radius 3 is 2.56 bits per heavy atom. The summed E-state index contributed by atoms with van der Waals surface area (Å²) in [6.45, 7) is 5.33. The van der Waals surface area contributed by atoms with Crippen LogP contribution >= 0.6 is 0 Å². The predicted molar refractivity (Wildman–Crippen MR) is 65.7 cm³/mol. The van der Waals surface area contributed by atoms with Crippen molar-refractivity contribution in [3.8, 4) is 0 Å². The Hall–Kier alpha value is -1.26. The standard InChI is InChI=1S/C12H19N3O/c13-11-3-1-2-4-12(11)15-7-5-14(6-8-15)9-10-16/h1-4,16H,5-10,13H2/p+1. The Morgan fingerprint density at radius 2 is 1.94 bits per heavy atom. The van der Waals surface area contributed by atoms with Crippen LogP contribution in [0.25, 0.3) is 0 Å². The highest BCUT2D eigenvalue weighted by Crippen LogP contribution is 2.21. The first-order valence-electron chi connectivity index (χ1n) is 5.85. The summed E-state index contributed by atoms with van der Waals surface area (Å²) in [7, 11) is 0. The van der Waals surface area contributed by atoms with Gasteiger partial charge in [0.15, 0.2) is 0 Å². The van der Waals surface area contributed by atoms with Gasteiger partial charge in [0.2, 0.25) is 0 Å². The topological polar surface area (TPSA) is 53.9 Å². The molecule has 16 heavy (non-hydrogen) atoms. The van der Waals surface area contributed by atoms with Gasteiger partial charge >= 0.3 is 0 Å². The van der Waals surface area contributed by atoms with E-state index in [0.717, 1.165) is 44.1 Å². The van der Waals surface area contributed by atoms with Crippen molar-refractivity contribution < 1.29 is 10.0 Å². The summed E-state index contributed by atoms with van der Waals surface area (Å²) in [4.78, 5) is 3.81. The molecule has 0 amide bonds. The van der Waals surface area contributed by atoms with Gasteiger partial charge in [0.25, 0.3) is 0 Å². The number of anilines is 2. The molecule has 0 atom stereocenters. The lowest BCUT2D eigenvalue weighted by Crippen LogP contribution is -3.15. The lowest BCUT2D eigenvalue weighted by Gasteiger charge is -2.33. The lowest BCUT2D eigenvalue weighted by atomic mass is 10.2. The van der Waals surface area contributed by atoms with Crippen molar-refractivity contribution in [3.05, 3.63) is 24.3 Å². The first kappa shape index (κ1) is 11.2. The third kappa shape index (κ3) is 2.46. The van der Waals surface area contributed by atoms with Crippen LogP contribution in [0.2, 0.25) is 0 Å². The number of nitrogens with zero attached hydrogens (tertiary/aromatic N) is 1. The highest BCUT2D eigenvalue weighted by Gasteiger charge is 2.20. The average Bonchev–Trinajstić information content (AvgIpc) is 2.31. The Kier molecular flexibility index (Phi) is 3.64. The number of para-hydroxylation sites is 2. The number of nitrogen functional groups attached to an aromatic ring is 1. The van der Waals surface area contributed by atoms with E-state index in [2.05, 4.69) is 11.0 Å². The second-order valence-electron chi connectivity index (χ2n) is 4.27. The molecule has 1 heterocycles. The summed E-state index contributed by atoms with van der Waals surface area (Å²) < 4.78 is 0. The van der Waals surface area contributed by atoms with Crippen molar-refractivity contribution in [2.45, 2.75) is 0 Å². The predicted octanol–water partition coefficient (Wildman–Crippen LogP) is -1.03. The molecule has 4 N–H and O–H groups in total. The number of hydrogen-bond acceptors (Lipinski definition) is 3. The Bertz CT molecular complexity index is 335. The number of aliphatic hydroxyl groups excluding tert-OH is 1. The summed E-state index contributed by atoms with van der Waals surface area (Å²) in [5.74, 6) is 0. The van der Waals surface area contributed by atoms with E-state index < -0.39 is 0 Å². The molecule has 1 aromatic carbocycles. The van der Waals surface area contributed by atoms with Gasteiger partial charge in [-0.1, -0.05) is 12.1 Å². The van der Waals surface area contributed by atoms with E-state index in [1.54, 1.807) is 0 Å². The maximum atomic E-state index is 8.89. The summed E-state index contributed by atoms with van der Waals surface area (Å²) in [6.07, 6.45) is 0. The van der Waals surface area contributed by atoms with E-state index in [4.69, 9.17) is 10.8 Å². The number of nitrogens with one attached hydrogen (secondary N) is 1. The zero-order valence-electron chi connectivity index (χ0n) is 9.52. The maximum Gasteiger partial charge on any atom is 0.101 e. The quantitative estimate of drug-likeness (QED) is 0.573. The van der Waals surface area contributed by atoms with Gasteiger partial charge in [-0.25, -0.2) is 0 Å². The van der Waals surface area contributed by atoms with Gasteiger partial charge in [-0.2, -0.15) is 0 Å². The van der Waals surface area contributed by atoms with Gasteiger partial charge in [0.1, 0.15) is 6.54 Å². The Morgan fingerprint density at radius 1 is 1.25 bits per heavy atom. The number of aliphatic hydroxyl groups is 1.